The Bertz CT molecular complexity index is 1390. The molecule has 3 saturated carbocycles. The van der Waals surface area contributed by atoms with Crippen molar-refractivity contribution in [3.8, 4) is 5.75 Å². The first-order valence-electron chi connectivity index (χ1n) is 15.2. The largest absolute Gasteiger partial charge is 0.496 e. The number of anilines is 1. The summed E-state index contributed by atoms with van der Waals surface area (Å²) in [5, 5.41) is 11.7. The molecule has 46 heavy (non-hydrogen) atoms. The number of methoxy groups -OCH3 is 1. The quantitative estimate of drug-likeness (QED) is 0.194. The number of rotatable bonds is 6. The van der Waals surface area contributed by atoms with E-state index < -0.39 is 29.6 Å². The highest BCUT2D eigenvalue weighted by atomic mass is 19.4. The van der Waals surface area contributed by atoms with E-state index in [4.69, 9.17) is 19.9 Å². The molecule has 4 N–H and O–H groups in total. The van der Waals surface area contributed by atoms with Crippen LogP contribution in [0.25, 0.3) is 0 Å². The summed E-state index contributed by atoms with van der Waals surface area (Å²) in [6, 6.07) is 7.52. The number of amides is 2. The summed E-state index contributed by atoms with van der Waals surface area (Å²) in [7, 11) is 1.49. The molecule has 2 aliphatic heterocycles. The minimum absolute atomic E-state index is 0. The average molecular weight is 651 g/mol. The minimum Gasteiger partial charge on any atom is -0.496 e. The normalized spacial score (nSPS) is 27.3. The van der Waals surface area contributed by atoms with Crippen LogP contribution in [0.5, 0.6) is 5.75 Å². The molecular formula is C34H42F4N2O6. The average Bonchev–Trinajstić information content (AvgIpc) is 3.27. The van der Waals surface area contributed by atoms with Crippen LogP contribution in [0.3, 0.4) is 0 Å². The van der Waals surface area contributed by atoms with E-state index in [0.717, 1.165) is 29.4 Å². The first-order valence-corrected chi connectivity index (χ1v) is 15.2. The molecule has 2 aromatic rings. The van der Waals surface area contributed by atoms with Crippen LogP contribution in [0, 0.1) is 23.6 Å². The van der Waals surface area contributed by atoms with Crippen LogP contribution < -0.4 is 15.8 Å². The highest BCUT2D eigenvalue weighted by molar-refractivity contribution is 5.95. The van der Waals surface area contributed by atoms with Crippen molar-refractivity contribution < 1.29 is 46.5 Å². The first-order chi connectivity index (χ1) is 21.5. The van der Waals surface area contributed by atoms with E-state index in [1.807, 2.05) is 17.0 Å². The monoisotopic (exact) mass is 650 g/mol. The van der Waals surface area contributed by atoms with Crippen LogP contribution >= 0.6 is 0 Å². The molecule has 5 fully saturated rings. The van der Waals surface area contributed by atoms with Crippen LogP contribution in [0.4, 0.5) is 23.2 Å². The van der Waals surface area contributed by atoms with E-state index in [-0.39, 0.29) is 44.3 Å². The van der Waals surface area contributed by atoms with Gasteiger partial charge in [0.2, 0.25) is 6.41 Å². The van der Waals surface area contributed by atoms with Crippen molar-refractivity contribution in [2.75, 3.05) is 25.6 Å². The van der Waals surface area contributed by atoms with Gasteiger partial charge >= 0.3 is 6.18 Å². The van der Waals surface area contributed by atoms with Gasteiger partial charge in [0.1, 0.15) is 23.8 Å². The summed E-state index contributed by atoms with van der Waals surface area (Å²) in [5.74, 6) is 1.64. The molecule has 5 aliphatic rings. The third-order valence-corrected chi connectivity index (χ3v) is 9.16. The molecule has 252 valence electrons. The van der Waals surface area contributed by atoms with Gasteiger partial charge in [-0.25, -0.2) is 4.39 Å². The fraction of sp³-hybridized carbons (Fsp3) is 0.529. The molecule has 0 spiro atoms. The maximum absolute atomic E-state index is 12.7. The van der Waals surface area contributed by atoms with Gasteiger partial charge in [-0.15, -0.1) is 0 Å². The lowest BCUT2D eigenvalue weighted by Gasteiger charge is -2.17. The van der Waals surface area contributed by atoms with E-state index in [2.05, 4.69) is 6.08 Å². The van der Waals surface area contributed by atoms with E-state index in [1.54, 1.807) is 12.1 Å². The van der Waals surface area contributed by atoms with Crippen molar-refractivity contribution in [1.82, 2.24) is 0 Å². The summed E-state index contributed by atoms with van der Waals surface area (Å²) in [4.78, 5) is 21.4. The lowest BCUT2D eigenvalue weighted by atomic mass is 9.91. The second kappa shape index (κ2) is 15.0. The predicted octanol–water partition coefficient (Wildman–Crippen LogP) is 6.23. The molecule has 2 amide bonds. The Morgan fingerprint density at radius 3 is 2.22 bits per heavy atom. The van der Waals surface area contributed by atoms with Gasteiger partial charge < -0.3 is 30.4 Å². The van der Waals surface area contributed by atoms with Gasteiger partial charge in [0.25, 0.3) is 5.91 Å². The number of aliphatic hydroxyl groups is 1. The minimum atomic E-state index is -4.76. The molecule has 4 atom stereocenters. The zero-order valence-corrected chi connectivity index (χ0v) is 24.9. The second-order valence-electron chi connectivity index (χ2n) is 12.1. The first kappa shape index (κ1) is 35.4. The number of allylic oxidation sites excluding steroid dienone is 2. The van der Waals surface area contributed by atoms with Crippen LogP contribution in [-0.2, 0) is 20.4 Å². The van der Waals surface area contributed by atoms with Gasteiger partial charge in [0, 0.05) is 11.6 Å². The Balaban J connectivity index is 0.000000162. The molecule has 12 heteroatoms. The molecule has 2 aromatic carbocycles. The van der Waals surface area contributed by atoms with Crippen molar-refractivity contribution in [2.45, 2.75) is 76.4 Å². The maximum Gasteiger partial charge on any atom is 0.419 e. The number of hydrogen-bond donors (Lipinski definition) is 3. The number of primary amides is 1. The number of nitrogens with two attached hydrogens (primary N) is 1. The van der Waals surface area contributed by atoms with Crippen LogP contribution in [-0.4, -0.2) is 56.1 Å². The maximum atomic E-state index is 12.7. The zero-order chi connectivity index (χ0) is 32.3. The number of alkyl halides is 3. The summed E-state index contributed by atoms with van der Waals surface area (Å²) < 4.78 is 65.3. The standard InChI is InChI=1S/C14H17NO5.C11H16.C8H5F4NO.CH4/c1-18-11-3-2-7(4-8(11)14(15)17)9-5-19-13-10(16)6-20-12(9)13;1-2-8(1)7-11-9-3-4-10(11)6-5-9;9-7-2-1-5(13-4-14)3-6(7)8(10,11)12;/h2-4,9-10,12-13,16H,5-6H2,1H3,(H2,15,17);7-10H,1-6H2;1-4H,(H,13,14);1H4/t9?,10?,12-,13-;;;/m1.../s1. The van der Waals surface area contributed by atoms with Crippen molar-refractivity contribution in [3.05, 3.63) is 70.6 Å². The lowest BCUT2D eigenvalue weighted by Crippen LogP contribution is -2.28. The van der Waals surface area contributed by atoms with Crippen molar-refractivity contribution in [2.24, 2.45) is 23.5 Å². The van der Waals surface area contributed by atoms with Gasteiger partial charge in [-0.2, -0.15) is 13.2 Å². The SMILES string of the molecule is C.C(=C1C2CCC1CC2)C1CC1.COc1ccc(C2CO[C@@H]3C(O)CO[C@H]23)cc1C(N)=O.O=CNc1ccc(F)c(C(F)(F)F)c1. The Hall–Kier alpha value is -3.48. The number of carbonyl (C=O) groups is 2. The Kier molecular flexibility index (Phi) is 11.5. The molecule has 0 aromatic heterocycles. The summed E-state index contributed by atoms with van der Waals surface area (Å²) in [5.41, 5.74) is 6.99. The smallest absolute Gasteiger partial charge is 0.419 e. The van der Waals surface area contributed by atoms with Gasteiger partial charge in [-0.3, -0.25) is 9.59 Å². The zero-order valence-electron chi connectivity index (χ0n) is 24.9. The van der Waals surface area contributed by atoms with Crippen molar-refractivity contribution >= 4 is 18.0 Å². The third-order valence-electron chi connectivity index (χ3n) is 9.16. The summed E-state index contributed by atoms with van der Waals surface area (Å²) >= 11 is 0. The Morgan fingerprint density at radius 2 is 1.65 bits per heavy atom. The topological polar surface area (TPSA) is 120 Å². The van der Waals surface area contributed by atoms with Crippen LogP contribution in [0.1, 0.15) is 73.4 Å². The van der Waals surface area contributed by atoms with Gasteiger partial charge in [0.15, 0.2) is 0 Å². The molecule has 0 radical (unpaired) electrons. The molecule has 8 nitrogen and oxygen atoms in total. The highest BCUT2D eigenvalue weighted by Gasteiger charge is 2.47. The van der Waals surface area contributed by atoms with E-state index in [1.165, 1.54) is 45.6 Å². The third kappa shape index (κ3) is 8.08. The second-order valence-corrected chi connectivity index (χ2v) is 12.1. The molecule has 3 aliphatic carbocycles. The van der Waals surface area contributed by atoms with Crippen LogP contribution in [0.2, 0.25) is 0 Å². The fourth-order valence-electron chi connectivity index (χ4n) is 6.71. The number of hydrogen-bond acceptors (Lipinski definition) is 6. The summed E-state index contributed by atoms with van der Waals surface area (Å²) in [6.07, 6.45) is 6.08. The number of ether oxygens (including phenoxy) is 3. The van der Waals surface area contributed by atoms with Crippen molar-refractivity contribution in [1.29, 1.82) is 0 Å². The number of carbonyl (C=O) groups excluding carboxylic acids is 2. The van der Waals surface area contributed by atoms with E-state index >= 15 is 0 Å². The molecular weight excluding hydrogens is 608 g/mol. The van der Waals surface area contributed by atoms with Crippen molar-refractivity contribution in [3.63, 3.8) is 0 Å². The molecule has 2 heterocycles. The molecule has 2 bridgehead atoms. The highest BCUT2D eigenvalue weighted by Crippen LogP contribution is 2.50. The molecule has 7 rings (SSSR count). The fourth-order valence-corrected chi connectivity index (χ4v) is 6.71. The van der Waals surface area contributed by atoms with Gasteiger partial charge in [-0.05, 0) is 92.2 Å². The van der Waals surface area contributed by atoms with Gasteiger partial charge in [0.05, 0.1) is 37.6 Å². The van der Waals surface area contributed by atoms with Gasteiger partial charge in [-0.1, -0.05) is 25.1 Å². The molecule has 2 saturated heterocycles. The number of nitrogens with one attached hydrogen (secondary N) is 1. The predicted molar refractivity (Wildman–Crippen MR) is 164 cm³/mol. The van der Waals surface area contributed by atoms with Crippen LogP contribution in [0.15, 0.2) is 48.0 Å². The van der Waals surface area contributed by atoms with E-state index in [9.17, 15) is 32.3 Å². The number of benzene rings is 2. The molecule has 2 unspecified atom stereocenters. The Labute approximate surface area is 266 Å². The lowest BCUT2D eigenvalue weighted by molar-refractivity contribution is -0.140. The Morgan fingerprint density at radius 1 is 1.00 bits per heavy atom. The number of fused-ring (bicyclic) bond motifs is 3. The number of aliphatic hydroxyl groups excluding tert-OH is 1. The van der Waals surface area contributed by atoms with E-state index in [0.29, 0.717) is 30.1 Å². The summed E-state index contributed by atoms with van der Waals surface area (Å²) in [6.45, 7) is 0.738. The number of halogens is 4.